The Morgan fingerprint density at radius 1 is 0.778 bits per heavy atom. The summed E-state index contributed by atoms with van der Waals surface area (Å²) in [4.78, 5) is 0. The van der Waals surface area contributed by atoms with Crippen molar-refractivity contribution in [3.63, 3.8) is 0 Å². The second kappa shape index (κ2) is 10.1. The van der Waals surface area contributed by atoms with Gasteiger partial charge in [-0.05, 0) is 13.3 Å². The third kappa shape index (κ3) is 6.78. The summed E-state index contributed by atoms with van der Waals surface area (Å²) in [5.74, 6) is 0. The van der Waals surface area contributed by atoms with E-state index in [0.29, 0.717) is 6.04 Å². The summed E-state index contributed by atoms with van der Waals surface area (Å²) in [5, 5.41) is 0. The molecule has 0 radical (unpaired) electrons. The van der Waals surface area contributed by atoms with E-state index < -0.39 is 0 Å². The molecule has 0 aliphatic heterocycles. The molecule has 0 N–H and O–H groups in total. The SMILES string of the molecule is CCCCCCCCCCC(C)[n+]1ccccc1. The van der Waals surface area contributed by atoms with E-state index >= 15 is 0 Å². The first-order valence-electron chi connectivity index (χ1n) is 7.80. The van der Waals surface area contributed by atoms with E-state index in [-0.39, 0.29) is 0 Å². The third-order valence-corrected chi connectivity index (χ3v) is 3.72. The number of hydrogen-bond donors (Lipinski definition) is 0. The van der Waals surface area contributed by atoms with Crippen molar-refractivity contribution in [2.45, 2.75) is 77.7 Å². The predicted molar refractivity (Wildman–Crippen MR) is 78.6 cm³/mol. The van der Waals surface area contributed by atoms with Crippen LogP contribution in [0.1, 0.15) is 77.7 Å². The van der Waals surface area contributed by atoms with Gasteiger partial charge in [0.05, 0.1) is 0 Å². The van der Waals surface area contributed by atoms with E-state index in [9.17, 15) is 0 Å². The van der Waals surface area contributed by atoms with Gasteiger partial charge in [-0.25, -0.2) is 4.57 Å². The molecular weight excluding hydrogens is 218 g/mol. The molecule has 0 fully saturated rings. The molecule has 1 heterocycles. The molecule has 0 saturated carbocycles. The Kier molecular flexibility index (Phi) is 8.54. The van der Waals surface area contributed by atoms with E-state index in [1.54, 1.807) is 0 Å². The highest BCUT2D eigenvalue weighted by molar-refractivity contribution is 4.83. The van der Waals surface area contributed by atoms with Crippen LogP contribution < -0.4 is 4.57 Å². The molecular formula is C17H30N+. The van der Waals surface area contributed by atoms with Crippen molar-refractivity contribution < 1.29 is 4.57 Å². The second-order valence-electron chi connectivity index (χ2n) is 5.44. The minimum Gasteiger partial charge on any atom is -0.203 e. The normalized spacial score (nSPS) is 12.6. The van der Waals surface area contributed by atoms with Gasteiger partial charge in [-0.3, -0.25) is 0 Å². The van der Waals surface area contributed by atoms with Crippen molar-refractivity contribution in [1.82, 2.24) is 0 Å². The van der Waals surface area contributed by atoms with Gasteiger partial charge < -0.3 is 0 Å². The number of nitrogens with zero attached hydrogens (tertiary/aromatic N) is 1. The van der Waals surface area contributed by atoms with Gasteiger partial charge in [0.1, 0.15) is 0 Å². The maximum absolute atomic E-state index is 2.32. The van der Waals surface area contributed by atoms with Crippen LogP contribution in [0.2, 0.25) is 0 Å². The van der Waals surface area contributed by atoms with Gasteiger partial charge in [0.2, 0.25) is 0 Å². The Labute approximate surface area is 113 Å². The molecule has 0 bridgehead atoms. The zero-order chi connectivity index (χ0) is 13.1. The van der Waals surface area contributed by atoms with Crippen LogP contribution in [0.15, 0.2) is 30.6 Å². The lowest BCUT2D eigenvalue weighted by molar-refractivity contribution is -0.720. The quantitative estimate of drug-likeness (QED) is 0.402. The largest absolute Gasteiger partial charge is 0.203 e. The van der Waals surface area contributed by atoms with Crippen LogP contribution in [0.25, 0.3) is 0 Å². The van der Waals surface area contributed by atoms with Gasteiger partial charge in [-0.15, -0.1) is 0 Å². The lowest BCUT2D eigenvalue weighted by atomic mass is 10.1. The van der Waals surface area contributed by atoms with Gasteiger partial charge >= 0.3 is 0 Å². The van der Waals surface area contributed by atoms with Gasteiger partial charge in [0, 0.05) is 18.6 Å². The maximum atomic E-state index is 2.32. The van der Waals surface area contributed by atoms with Crippen LogP contribution >= 0.6 is 0 Å². The Bertz CT molecular complexity index is 281. The molecule has 1 nitrogen and oxygen atoms in total. The average molecular weight is 248 g/mol. The van der Waals surface area contributed by atoms with Gasteiger partial charge in [-0.2, -0.15) is 0 Å². The van der Waals surface area contributed by atoms with E-state index in [4.69, 9.17) is 0 Å². The summed E-state index contributed by atoms with van der Waals surface area (Å²) in [7, 11) is 0. The minimum atomic E-state index is 0.645. The summed E-state index contributed by atoms with van der Waals surface area (Å²) in [5.41, 5.74) is 0. The number of unbranched alkanes of at least 4 members (excludes halogenated alkanes) is 7. The average Bonchev–Trinajstić information content (AvgIpc) is 2.42. The topological polar surface area (TPSA) is 3.88 Å². The van der Waals surface area contributed by atoms with Crippen molar-refractivity contribution in [2.75, 3.05) is 0 Å². The lowest BCUT2D eigenvalue weighted by Crippen LogP contribution is -2.36. The Morgan fingerprint density at radius 2 is 1.33 bits per heavy atom. The standard InChI is InChI=1S/C17H30N/c1-3-4-5-6-7-8-9-11-14-17(2)18-15-12-10-13-16-18/h10,12-13,15-17H,3-9,11,14H2,1-2H3/q+1. The monoisotopic (exact) mass is 248 g/mol. The molecule has 1 unspecified atom stereocenters. The summed E-state index contributed by atoms with van der Waals surface area (Å²) in [6.07, 6.45) is 17.0. The molecule has 0 aliphatic carbocycles. The van der Waals surface area contributed by atoms with Crippen LogP contribution in [-0.4, -0.2) is 0 Å². The van der Waals surface area contributed by atoms with Crippen molar-refractivity contribution in [1.29, 1.82) is 0 Å². The van der Waals surface area contributed by atoms with Gasteiger partial charge in [-0.1, -0.05) is 57.9 Å². The summed E-state index contributed by atoms with van der Waals surface area (Å²) < 4.78 is 2.32. The Balaban J connectivity index is 1.98. The molecule has 1 aromatic heterocycles. The molecule has 1 rings (SSSR count). The van der Waals surface area contributed by atoms with Crippen molar-refractivity contribution in [3.8, 4) is 0 Å². The highest BCUT2D eigenvalue weighted by atomic mass is 15.0. The minimum absolute atomic E-state index is 0.645. The second-order valence-corrected chi connectivity index (χ2v) is 5.44. The molecule has 1 atom stereocenters. The number of aromatic nitrogens is 1. The highest BCUT2D eigenvalue weighted by Crippen LogP contribution is 2.12. The zero-order valence-electron chi connectivity index (χ0n) is 12.3. The van der Waals surface area contributed by atoms with E-state index in [0.717, 1.165) is 0 Å². The Hall–Kier alpha value is -0.850. The fourth-order valence-electron chi connectivity index (χ4n) is 2.43. The molecule has 102 valence electrons. The first kappa shape index (κ1) is 15.2. The van der Waals surface area contributed by atoms with Crippen LogP contribution in [0.3, 0.4) is 0 Å². The van der Waals surface area contributed by atoms with E-state index in [1.165, 1.54) is 57.8 Å². The van der Waals surface area contributed by atoms with Crippen LogP contribution in [0, 0.1) is 0 Å². The third-order valence-electron chi connectivity index (χ3n) is 3.72. The first-order valence-corrected chi connectivity index (χ1v) is 7.80. The van der Waals surface area contributed by atoms with Crippen LogP contribution in [0.5, 0.6) is 0 Å². The smallest absolute Gasteiger partial charge is 0.169 e. The van der Waals surface area contributed by atoms with Crippen LogP contribution in [0.4, 0.5) is 0 Å². The van der Waals surface area contributed by atoms with Crippen molar-refractivity contribution in [3.05, 3.63) is 30.6 Å². The van der Waals surface area contributed by atoms with E-state index in [2.05, 4.69) is 49.0 Å². The van der Waals surface area contributed by atoms with E-state index in [1.807, 2.05) is 0 Å². The highest BCUT2D eigenvalue weighted by Gasteiger charge is 2.09. The first-order chi connectivity index (χ1) is 8.84. The summed E-state index contributed by atoms with van der Waals surface area (Å²) >= 11 is 0. The fraction of sp³-hybridized carbons (Fsp3) is 0.706. The number of pyridine rings is 1. The molecule has 1 aromatic rings. The molecule has 0 saturated heterocycles. The Morgan fingerprint density at radius 3 is 1.94 bits per heavy atom. The maximum Gasteiger partial charge on any atom is 0.169 e. The number of hydrogen-bond acceptors (Lipinski definition) is 0. The zero-order valence-corrected chi connectivity index (χ0v) is 12.3. The molecule has 0 spiro atoms. The summed E-state index contributed by atoms with van der Waals surface area (Å²) in [6.45, 7) is 4.60. The van der Waals surface area contributed by atoms with Crippen molar-refractivity contribution in [2.24, 2.45) is 0 Å². The summed E-state index contributed by atoms with van der Waals surface area (Å²) in [6, 6.07) is 6.96. The molecule has 0 aliphatic rings. The molecule has 0 amide bonds. The van der Waals surface area contributed by atoms with Gasteiger partial charge in [0.25, 0.3) is 0 Å². The predicted octanol–water partition coefficient (Wildman–Crippen LogP) is 5.07. The van der Waals surface area contributed by atoms with Crippen molar-refractivity contribution >= 4 is 0 Å². The van der Waals surface area contributed by atoms with Gasteiger partial charge in [0.15, 0.2) is 18.4 Å². The molecule has 0 aromatic carbocycles. The van der Waals surface area contributed by atoms with Crippen LogP contribution in [-0.2, 0) is 0 Å². The molecule has 18 heavy (non-hydrogen) atoms. The number of rotatable bonds is 10. The molecule has 1 heteroatoms. The lowest BCUT2D eigenvalue weighted by Gasteiger charge is -2.06. The fourth-order valence-corrected chi connectivity index (χ4v) is 2.43.